The van der Waals surface area contributed by atoms with Gasteiger partial charge in [0.15, 0.2) is 0 Å². The first-order valence-electron chi connectivity index (χ1n) is 12.2. The first kappa shape index (κ1) is 24.0. The summed E-state index contributed by atoms with van der Waals surface area (Å²) in [5.41, 5.74) is 1.72. The molecule has 5 rings (SSSR count). The topological polar surface area (TPSA) is 80.6 Å². The highest BCUT2D eigenvalue weighted by atomic mass is 19.1. The van der Waals surface area contributed by atoms with Crippen LogP contribution in [0.5, 0.6) is 0 Å². The van der Waals surface area contributed by atoms with Crippen molar-refractivity contribution < 1.29 is 18.7 Å². The number of carbonyl (C=O) groups excluding carboxylic acids is 2. The zero-order valence-electron chi connectivity index (χ0n) is 20.8. The van der Waals surface area contributed by atoms with E-state index in [9.17, 15) is 9.59 Å². The third kappa shape index (κ3) is 4.69. The number of likely N-dealkylation sites (tertiary alicyclic amines) is 1. The minimum atomic E-state index is -2.13. The van der Waals surface area contributed by atoms with E-state index < -0.39 is 23.3 Å². The van der Waals surface area contributed by atoms with Crippen LogP contribution in [0.1, 0.15) is 38.4 Å². The number of halogens is 1. The minimum Gasteiger partial charge on any atom is -0.444 e. The second-order valence-corrected chi connectivity index (χ2v) is 10.4. The Balaban J connectivity index is 1.32. The number of hydrogen-bond acceptors (Lipinski definition) is 5. The second-order valence-electron chi connectivity index (χ2n) is 10.4. The molecule has 1 saturated heterocycles. The van der Waals surface area contributed by atoms with E-state index in [2.05, 4.69) is 10.1 Å². The molecule has 188 valence electrons. The van der Waals surface area contributed by atoms with Gasteiger partial charge in [0.05, 0.1) is 24.5 Å². The number of fused-ring (bicyclic) bond motifs is 1. The number of aromatic nitrogens is 3. The van der Waals surface area contributed by atoms with Crippen LogP contribution in [0.3, 0.4) is 0 Å². The van der Waals surface area contributed by atoms with Gasteiger partial charge in [0.25, 0.3) is 5.91 Å². The molecule has 1 fully saturated rings. The number of pyridine rings is 1. The molecule has 0 radical (unpaired) electrons. The van der Waals surface area contributed by atoms with Crippen LogP contribution in [0.4, 0.5) is 14.9 Å². The van der Waals surface area contributed by atoms with Gasteiger partial charge in [-0.15, -0.1) is 0 Å². The average Bonchev–Trinajstić information content (AvgIpc) is 3.56. The second kappa shape index (κ2) is 9.04. The molecule has 0 bridgehead atoms. The smallest absolute Gasteiger partial charge is 0.410 e. The van der Waals surface area contributed by atoms with Gasteiger partial charge < -0.3 is 14.5 Å². The molecule has 9 heteroatoms. The van der Waals surface area contributed by atoms with Crippen molar-refractivity contribution in [2.45, 2.75) is 51.4 Å². The predicted octanol–water partition coefficient (Wildman–Crippen LogP) is 4.23. The molecule has 2 amide bonds. The molecule has 0 spiro atoms. The first-order chi connectivity index (χ1) is 17.1. The monoisotopic (exact) mass is 491 g/mol. The van der Waals surface area contributed by atoms with Crippen LogP contribution >= 0.6 is 0 Å². The van der Waals surface area contributed by atoms with E-state index in [1.54, 1.807) is 33.2 Å². The predicted molar refractivity (Wildman–Crippen MR) is 133 cm³/mol. The molecule has 0 aliphatic carbocycles. The molecular weight excluding hydrogens is 461 g/mol. The number of nitrogens with zero attached hydrogens (tertiary/aromatic N) is 5. The Morgan fingerprint density at radius 2 is 1.94 bits per heavy atom. The number of alkyl halides is 1. The maximum atomic E-state index is 15.8. The Kier molecular flexibility index (Phi) is 6.02. The number of benzene rings is 1. The maximum Gasteiger partial charge on any atom is 0.410 e. The molecule has 0 saturated carbocycles. The SMILES string of the molecule is CC(C)(C)OC(=O)N1CCC(F)(C(=O)N2CCc3cc(-c4ccnn4Cc4ccccn4)ccc32)C1. The van der Waals surface area contributed by atoms with Crippen molar-refractivity contribution in [1.82, 2.24) is 19.7 Å². The summed E-state index contributed by atoms with van der Waals surface area (Å²) in [5, 5.41) is 4.45. The van der Waals surface area contributed by atoms with Crippen molar-refractivity contribution in [2.75, 3.05) is 24.5 Å². The van der Waals surface area contributed by atoms with Gasteiger partial charge in [-0.3, -0.25) is 14.5 Å². The standard InChI is InChI=1S/C27H30FN5O3/c1-26(2,3)36-25(35)31-15-11-27(28,18-31)24(34)32-14-10-20-16-19(7-8-22(20)32)23-9-13-30-33(23)17-21-6-4-5-12-29-21/h4-9,12-13,16H,10-11,14-15,17-18H2,1-3H3. The van der Waals surface area contributed by atoms with Gasteiger partial charge in [-0.05, 0) is 63.1 Å². The van der Waals surface area contributed by atoms with E-state index in [0.29, 0.717) is 25.2 Å². The summed E-state index contributed by atoms with van der Waals surface area (Å²) in [5.74, 6) is -0.597. The Labute approximate surface area is 209 Å². The largest absolute Gasteiger partial charge is 0.444 e. The Bertz CT molecular complexity index is 1290. The summed E-state index contributed by atoms with van der Waals surface area (Å²) >= 11 is 0. The Hall–Kier alpha value is -3.75. The van der Waals surface area contributed by atoms with E-state index in [1.807, 2.05) is 47.1 Å². The highest BCUT2D eigenvalue weighted by Gasteiger charge is 2.50. The van der Waals surface area contributed by atoms with E-state index >= 15 is 4.39 Å². The molecule has 1 unspecified atom stereocenters. The van der Waals surface area contributed by atoms with Gasteiger partial charge in [0.1, 0.15) is 5.60 Å². The number of amides is 2. The lowest BCUT2D eigenvalue weighted by Gasteiger charge is -2.27. The van der Waals surface area contributed by atoms with Crippen LogP contribution in [-0.4, -0.2) is 62.6 Å². The molecule has 8 nitrogen and oxygen atoms in total. The summed E-state index contributed by atoms with van der Waals surface area (Å²) < 4.78 is 23.0. The molecule has 2 aromatic heterocycles. The molecule has 3 aromatic rings. The molecule has 4 heterocycles. The van der Waals surface area contributed by atoms with E-state index in [1.165, 1.54) is 9.80 Å². The molecule has 1 aromatic carbocycles. The van der Waals surface area contributed by atoms with Crippen LogP contribution < -0.4 is 4.90 Å². The highest BCUT2D eigenvalue weighted by Crippen LogP contribution is 2.37. The lowest BCUT2D eigenvalue weighted by molar-refractivity contribution is -0.129. The number of hydrogen-bond donors (Lipinski definition) is 0. The fraction of sp³-hybridized carbons (Fsp3) is 0.407. The fourth-order valence-electron chi connectivity index (χ4n) is 4.79. The third-order valence-electron chi connectivity index (χ3n) is 6.52. The number of carbonyl (C=O) groups is 2. The van der Waals surface area contributed by atoms with Crippen molar-refractivity contribution in [3.8, 4) is 11.3 Å². The summed E-state index contributed by atoms with van der Waals surface area (Å²) in [6, 6.07) is 13.6. The number of rotatable bonds is 4. The molecular formula is C27H30FN5O3. The maximum absolute atomic E-state index is 15.8. The quantitative estimate of drug-likeness (QED) is 0.546. The summed E-state index contributed by atoms with van der Waals surface area (Å²) in [4.78, 5) is 32.9. The van der Waals surface area contributed by atoms with Crippen molar-refractivity contribution in [1.29, 1.82) is 0 Å². The lowest BCUT2D eigenvalue weighted by Crippen LogP contribution is -2.48. The number of ether oxygens (including phenoxy) is 1. The Morgan fingerprint density at radius 3 is 2.69 bits per heavy atom. The van der Waals surface area contributed by atoms with Crippen molar-refractivity contribution in [3.63, 3.8) is 0 Å². The summed E-state index contributed by atoms with van der Waals surface area (Å²) in [6.45, 7) is 6.09. The van der Waals surface area contributed by atoms with Crippen molar-refractivity contribution >= 4 is 17.7 Å². The lowest BCUT2D eigenvalue weighted by atomic mass is 10.0. The van der Waals surface area contributed by atoms with E-state index in [4.69, 9.17) is 4.74 Å². The average molecular weight is 492 g/mol. The van der Waals surface area contributed by atoms with E-state index in [0.717, 1.165) is 22.5 Å². The van der Waals surface area contributed by atoms with Gasteiger partial charge >= 0.3 is 6.09 Å². The zero-order chi connectivity index (χ0) is 25.5. The molecule has 0 N–H and O–H groups in total. The summed E-state index contributed by atoms with van der Waals surface area (Å²) in [6.07, 6.45) is 3.51. The van der Waals surface area contributed by atoms with E-state index in [-0.39, 0.29) is 19.5 Å². The van der Waals surface area contributed by atoms with Gasteiger partial charge in [-0.1, -0.05) is 12.1 Å². The summed E-state index contributed by atoms with van der Waals surface area (Å²) in [7, 11) is 0. The van der Waals surface area contributed by atoms with Crippen molar-refractivity contribution in [2.24, 2.45) is 0 Å². The van der Waals surface area contributed by atoms with Crippen LogP contribution in [0.15, 0.2) is 54.9 Å². The highest BCUT2D eigenvalue weighted by molar-refractivity contribution is 6.02. The zero-order valence-corrected chi connectivity index (χ0v) is 20.8. The fourth-order valence-corrected chi connectivity index (χ4v) is 4.79. The van der Waals surface area contributed by atoms with Crippen LogP contribution in [-0.2, 0) is 22.5 Å². The van der Waals surface area contributed by atoms with Gasteiger partial charge in [0, 0.05) is 43.2 Å². The minimum absolute atomic E-state index is 0.0400. The first-order valence-corrected chi connectivity index (χ1v) is 12.2. The molecule has 2 aliphatic rings. The molecule has 1 atom stereocenters. The third-order valence-corrected chi connectivity index (χ3v) is 6.52. The van der Waals surface area contributed by atoms with Crippen molar-refractivity contribution in [3.05, 3.63) is 66.1 Å². The normalized spacial score (nSPS) is 19.4. The van der Waals surface area contributed by atoms with Crippen LogP contribution in [0, 0.1) is 0 Å². The Morgan fingerprint density at radius 1 is 1.11 bits per heavy atom. The van der Waals surface area contributed by atoms with Gasteiger partial charge in [0.2, 0.25) is 5.67 Å². The van der Waals surface area contributed by atoms with Gasteiger partial charge in [-0.25, -0.2) is 9.18 Å². The molecule has 36 heavy (non-hydrogen) atoms. The van der Waals surface area contributed by atoms with Crippen LogP contribution in [0.2, 0.25) is 0 Å². The van der Waals surface area contributed by atoms with Gasteiger partial charge in [-0.2, -0.15) is 5.10 Å². The van der Waals surface area contributed by atoms with Crippen LogP contribution in [0.25, 0.3) is 11.3 Å². The molecule has 2 aliphatic heterocycles. The number of anilines is 1.